The van der Waals surface area contributed by atoms with Gasteiger partial charge in [0.1, 0.15) is 0 Å². The maximum Gasteiger partial charge on any atom is 0.240 e. The van der Waals surface area contributed by atoms with Crippen LogP contribution in [0.3, 0.4) is 0 Å². The molecule has 1 atom stereocenters. The van der Waals surface area contributed by atoms with Crippen molar-refractivity contribution in [2.45, 2.75) is 63.6 Å². The third kappa shape index (κ3) is 2.77. The number of likely N-dealkylation sites (tertiary alicyclic amines) is 1. The largest absolute Gasteiger partial charge is 0.335 e. The Bertz CT molecular complexity index is 696. The summed E-state index contributed by atoms with van der Waals surface area (Å²) in [6.07, 6.45) is 7.38. The molecule has 1 aliphatic carbocycles. The van der Waals surface area contributed by atoms with E-state index in [9.17, 15) is 4.79 Å². The first-order valence-electron chi connectivity index (χ1n) is 9.43. The van der Waals surface area contributed by atoms with Gasteiger partial charge in [0.05, 0.1) is 6.04 Å². The molecule has 0 spiro atoms. The lowest BCUT2D eigenvalue weighted by atomic mass is 9.83. The third-order valence-corrected chi connectivity index (χ3v) is 5.93. The minimum atomic E-state index is -0.875. The fourth-order valence-electron chi connectivity index (χ4n) is 4.62. The number of hydrogen-bond donors (Lipinski definition) is 0. The molecule has 0 N–H and O–H groups in total. The molecule has 1 unspecified atom stereocenters. The molecule has 1 saturated heterocycles. The van der Waals surface area contributed by atoms with Gasteiger partial charge in [0.15, 0.2) is 0 Å². The van der Waals surface area contributed by atoms with Crippen LogP contribution in [0.5, 0.6) is 0 Å². The molecule has 0 aromatic heterocycles. The fourth-order valence-corrected chi connectivity index (χ4v) is 4.62. The van der Waals surface area contributed by atoms with Crippen LogP contribution in [-0.4, -0.2) is 23.4 Å². The summed E-state index contributed by atoms with van der Waals surface area (Å²) < 4.78 is 0. The summed E-state index contributed by atoms with van der Waals surface area (Å²) in [7, 11) is 0. The lowest BCUT2D eigenvalue weighted by molar-refractivity contribution is -0.141. The maximum absolute atomic E-state index is 13.2. The molecule has 0 bridgehead atoms. The molecule has 25 heavy (non-hydrogen) atoms. The lowest BCUT2D eigenvalue weighted by Gasteiger charge is -2.43. The molecule has 0 radical (unpaired) electrons. The average Bonchev–Trinajstić information content (AvgIpc) is 3.34. The molecular formula is C19H25N5O. The zero-order chi connectivity index (χ0) is 17.3. The van der Waals surface area contributed by atoms with Crippen molar-refractivity contribution in [2.75, 3.05) is 6.54 Å². The first kappa shape index (κ1) is 16.4. The molecule has 4 rings (SSSR count). The van der Waals surface area contributed by atoms with Gasteiger partial charge in [0.2, 0.25) is 11.6 Å². The van der Waals surface area contributed by atoms with Crippen LogP contribution in [-0.2, 0) is 10.5 Å². The normalized spacial score (nSPS) is 25.6. The molecule has 1 aromatic rings. The van der Waals surface area contributed by atoms with Crippen molar-refractivity contribution >= 4 is 5.91 Å². The summed E-state index contributed by atoms with van der Waals surface area (Å²) >= 11 is 0. The molecule has 2 aliphatic heterocycles. The smallest absolute Gasteiger partial charge is 0.240 e. The van der Waals surface area contributed by atoms with Crippen LogP contribution in [0.4, 0.5) is 0 Å². The number of nitrogens with zero attached hydrogens (tertiary/aromatic N) is 5. The maximum atomic E-state index is 13.2. The fraction of sp³-hybridized carbons (Fsp3) is 0.632. The number of aryl methyl sites for hydroxylation is 1. The van der Waals surface area contributed by atoms with E-state index in [-0.39, 0.29) is 17.9 Å². The highest BCUT2D eigenvalue weighted by Crippen LogP contribution is 2.44. The number of amides is 1. The van der Waals surface area contributed by atoms with E-state index in [2.05, 4.69) is 38.6 Å². The van der Waals surface area contributed by atoms with Crippen LogP contribution in [0.2, 0.25) is 0 Å². The average molecular weight is 339 g/mol. The molecular weight excluding hydrogens is 314 g/mol. The van der Waals surface area contributed by atoms with Crippen LogP contribution in [0.15, 0.2) is 44.9 Å². The Morgan fingerprint density at radius 3 is 2.44 bits per heavy atom. The highest BCUT2D eigenvalue weighted by atomic mass is 16.2. The zero-order valence-electron chi connectivity index (χ0n) is 14.8. The number of carbonyl (C=O) groups excluding carboxylic acids is 1. The predicted molar refractivity (Wildman–Crippen MR) is 93.9 cm³/mol. The van der Waals surface area contributed by atoms with Gasteiger partial charge in [-0.15, -0.1) is 10.2 Å². The van der Waals surface area contributed by atoms with E-state index >= 15 is 0 Å². The van der Waals surface area contributed by atoms with E-state index in [1.54, 1.807) is 0 Å². The number of benzene rings is 1. The van der Waals surface area contributed by atoms with Crippen molar-refractivity contribution < 1.29 is 4.79 Å². The summed E-state index contributed by atoms with van der Waals surface area (Å²) in [5.41, 5.74) is 1.25. The van der Waals surface area contributed by atoms with E-state index in [1.807, 2.05) is 18.2 Å². The van der Waals surface area contributed by atoms with E-state index in [0.29, 0.717) is 0 Å². The van der Waals surface area contributed by atoms with Crippen LogP contribution < -0.4 is 0 Å². The van der Waals surface area contributed by atoms with Gasteiger partial charge >= 0.3 is 0 Å². The molecule has 2 fully saturated rings. The lowest BCUT2D eigenvalue weighted by Crippen LogP contribution is -2.54. The van der Waals surface area contributed by atoms with Crippen molar-refractivity contribution in [3.05, 3.63) is 35.4 Å². The number of carbonyl (C=O) groups is 1. The van der Waals surface area contributed by atoms with Gasteiger partial charge in [-0.25, -0.2) is 0 Å². The molecule has 1 amide bonds. The van der Waals surface area contributed by atoms with Crippen molar-refractivity contribution in [3.63, 3.8) is 0 Å². The Balaban J connectivity index is 1.72. The number of piperidine rings is 1. The van der Waals surface area contributed by atoms with Gasteiger partial charge in [-0.05, 0) is 55.0 Å². The standard InChI is InChI=1S/C19H25N5O/c1-14-8-2-5-11-16(14)19(20-22-23-21-19)17-12-6-7-13-24(17)18(25)15-9-3-4-10-15/h2,5,8,11,15,17H,3-4,6-7,9-10,12-13H2,1H3. The molecule has 3 aliphatic rings. The summed E-state index contributed by atoms with van der Waals surface area (Å²) in [4.78, 5) is 15.3. The van der Waals surface area contributed by atoms with Crippen molar-refractivity contribution in [2.24, 2.45) is 26.6 Å². The molecule has 2 heterocycles. The zero-order valence-corrected chi connectivity index (χ0v) is 14.8. The van der Waals surface area contributed by atoms with E-state index in [0.717, 1.165) is 62.6 Å². The first-order valence-corrected chi connectivity index (χ1v) is 9.43. The predicted octanol–water partition coefficient (Wildman–Crippen LogP) is 4.55. The van der Waals surface area contributed by atoms with Crippen LogP contribution in [0.25, 0.3) is 0 Å². The van der Waals surface area contributed by atoms with Crippen molar-refractivity contribution in [1.82, 2.24) is 4.90 Å². The second kappa shape index (κ2) is 6.65. The Morgan fingerprint density at radius 2 is 1.72 bits per heavy atom. The summed E-state index contributed by atoms with van der Waals surface area (Å²) in [6.45, 7) is 2.85. The highest BCUT2D eigenvalue weighted by Gasteiger charge is 2.50. The van der Waals surface area contributed by atoms with Crippen LogP contribution >= 0.6 is 0 Å². The van der Waals surface area contributed by atoms with Gasteiger partial charge in [0.25, 0.3) is 0 Å². The van der Waals surface area contributed by atoms with Gasteiger partial charge < -0.3 is 4.90 Å². The minimum Gasteiger partial charge on any atom is -0.335 e. The monoisotopic (exact) mass is 339 g/mol. The quantitative estimate of drug-likeness (QED) is 0.796. The second-order valence-corrected chi connectivity index (χ2v) is 7.44. The number of rotatable bonds is 3. The van der Waals surface area contributed by atoms with Crippen LogP contribution in [0.1, 0.15) is 56.1 Å². The minimum absolute atomic E-state index is 0.0922. The van der Waals surface area contributed by atoms with E-state index < -0.39 is 5.66 Å². The third-order valence-electron chi connectivity index (χ3n) is 5.93. The molecule has 6 nitrogen and oxygen atoms in total. The van der Waals surface area contributed by atoms with Gasteiger partial charge in [-0.2, -0.15) is 0 Å². The summed E-state index contributed by atoms with van der Waals surface area (Å²) in [5.74, 6) is 0.456. The van der Waals surface area contributed by atoms with Gasteiger partial charge in [-0.1, -0.05) is 37.1 Å². The molecule has 132 valence electrons. The van der Waals surface area contributed by atoms with Crippen molar-refractivity contribution in [3.8, 4) is 0 Å². The van der Waals surface area contributed by atoms with Gasteiger partial charge in [0, 0.05) is 18.0 Å². The molecule has 1 saturated carbocycles. The Hall–Kier alpha value is -2.11. The highest BCUT2D eigenvalue weighted by molar-refractivity contribution is 5.79. The second-order valence-electron chi connectivity index (χ2n) is 7.44. The van der Waals surface area contributed by atoms with Crippen molar-refractivity contribution in [1.29, 1.82) is 0 Å². The topological polar surface area (TPSA) is 69.8 Å². The molecule has 1 aromatic carbocycles. The summed E-state index contributed by atoms with van der Waals surface area (Å²) in [5, 5.41) is 16.7. The summed E-state index contributed by atoms with van der Waals surface area (Å²) in [6, 6.07) is 8.03. The molecule has 6 heteroatoms. The SMILES string of the molecule is Cc1ccccc1C1(C2CCCCN2C(=O)C2CCCC2)N=NN=N1. The van der Waals surface area contributed by atoms with E-state index in [4.69, 9.17) is 0 Å². The van der Waals surface area contributed by atoms with Gasteiger partial charge in [-0.3, -0.25) is 4.79 Å². The first-order chi connectivity index (χ1) is 12.2. The van der Waals surface area contributed by atoms with E-state index in [1.165, 1.54) is 0 Å². The van der Waals surface area contributed by atoms with Crippen LogP contribution in [0, 0.1) is 12.8 Å². The Morgan fingerprint density at radius 1 is 1.04 bits per heavy atom. The Labute approximate surface area is 148 Å². The Kier molecular flexibility index (Phi) is 4.36. The number of hydrogen-bond acceptors (Lipinski definition) is 5.